The number of aryl methyl sites for hydroxylation is 2. The molecule has 1 saturated carbocycles. The minimum absolute atomic E-state index is 0.333. The molecule has 0 bridgehead atoms. The molecular weight excluding hydrogens is 290 g/mol. The molecule has 1 spiro atoms. The molecule has 1 aliphatic heterocycles. The summed E-state index contributed by atoms with van der Waals surface area (Å²) in [6.45, 7) is 8.06. The fourth-order valence-corrected chi connectivity index (χ4v) is 4.49. The number of nitrogens with zero attached hydrogens (tertiary/aromatic N) is 5. The van der Waals surface area contributed by atoms with Crippen LogP contribution in [-0.4, -0.2) is 37.9 Å². The summed E-state index contributed by atoms with van der Waals surface area (Å²) in [5, 5.41) is 8.42. The van der Waals surface area contributed by atoms with Gasteiger partial charge in [0.25, 0.3) is 0 Å². The molecule has 2 aliphatic rings. The van der Waals surface area contributed by atoms with Crippen molar-refractivity contribution in [2.45, 2.75) is 58.5 Å². The van der Waals surface area contributed by atoms with E-state index in [0.717, 1.165) is 37.9 Å². The normalized spacial score (nSPS) is 24.0. The summed E-state index contributed by atoms with van der Waals surface area (Å²) >= 11 is 0. The molecule has 4 rings (SSSR count). The van der Waals surface area contributed by atoms with Gasteiger partial charge in [-0.25, -0.2) is 0 Å². The lowest BCUT2D eigenvalue weighted by Crippen LogP contribution is -2.26. The molecule has 23 heavy (non-hydrogen) atoms. The Morgan fingerprint density at radius 1 is 1.35 bits per heavy atom. The second-order valence-electron chi connectivity index (χ2n) is 7.18. The van der Waals surface area contributed by atoms with Crippen LogP contribution in [0.3, 0.4) is 0 Å². The van der Waals surface area contributed by atoms with E-state index in [9.17, 15) is 0 Å². The Labute approximate surface area is 136 Å². The quantitative estimate of drug-likeness (QED) is 0.868. The second-order valence-corrected chi connectivity index (χ2v) is 7.18. The van der Waals surface area contributed by atoms with E-state index in [1.165, 1.54) is 31.2 Å². The van der Waals surface area contributed by atoms with Crippen molar-refractivity contribution in [3.8, 4) is 0 Å². The molecule has 124 valence electrons. The summed E-state index contributed by atoms with van der Waals surface area (Å²) in [4.78, 5) is 7.10. The average Bonchev–Trinajstić information content (AvgIpc) is 3.29. The number of rotatable bonds is 4. The van der Waals surface area contributed by atoms with Gasteiger partial charge < -0.3 is 4.52 Å². The van der Waals surface area contributed by atoms with Crippen LogP contribution in [0.2, 0.25) is 0 Å². The van der Waals surface area contributed by atoms with Gasteiger partial charge in [-0.2, -0.15) is 10.1 Å². The van der Waals surface area contributed by atoms with Gasteiger partial charge >= 0.3 is 0 Å². The van der Waals surface area contributed by atoms with E-state index in [1.807, 2.05) is 17.8 Å². The summed E-state index contributed by atoms with van der Waals surface area (Å²) < 4.78 is 7.55. The Morgan fingerprint density at radius 3 is 2.83 bits per heavy atom. The minimum atomic E-state index is 0.333. The highest BCUT2D eigenvalue weighted by Gasteiger charge is 2.50. The number of hydrogen-bond acceptors (Lipinski definition) is 5. The van der Waals surface area contributed by atoms with Gasteiger partial charge in [0.05, 0.1) is 12.1 Å². The lowest BCUT2D eigenvalue weighted by Gasteiger charge is -2.27. The van der Waals surface area contributed by atoms with E-state index in [0.29, 0.717) is 11.3 Å². The van der Waals surface area contributed by atoms with Crippen LogP contribution >= 0.6 is 0 Å². The first kappa shape index (κ1) is 14.9. The van der Waals surface area contributed by atoms with E-state index >= 15 is 0 Å². The van der Waals surface area contributed by atoms with Gasteiger partial charge in [-0.15, -0.1) is 0 Å². The van der Waals surface area contributed by atoms with Gasteiger partial charge in [-0.1, -0.05) is 18.0 Å². The van der Waals surface area contributed by atoms with Gasteiger partial charge in [0.1, 0.15) is 0 Å². The first-order valence-electron chi connectivity index (χ1n) is 8.72. The number of aromatic nitrogens is 4. The topological polar surface area (TPSA) is 60.0 Å². The maximum atomic E-state index is 5.55. The Bertz CT molecular complexity index is 670. The van der Waals surface area contributed by atoms with E-state index in [1.54, 1.807) is 0 Å². The van der Waals surface area contributed by atoms with Crippen molar-refractivity contribution in [2.24, 2.45) is 5.41 Å². The maximum absolute atomic E-state index is 5.55. The van der Waals surface area contributed by atoms with Crippen molar-refractivity contribution in [3.05, 3.63) is 29.7 Å². The molecule has 0 radical (unpaired) electrons. The van der Waals surface area contributed by atoms with Crippen LogP contribution in [-0.2, 0) is 13.1 Å². The summed E-state index contributed by atoms with van der Waals surface area (Å²) in [6.07, 6.45) is 9.37. The molecule has 0 amide bonds. The van der Waals surface area contributed by atoms with Crippen LogP contribution in [0.5, 0.6) is 0 Å². The van der Waals surface area contributed by atoms with Crippen LogP contribution in [0.4, 0.5) is 0 Å². The number of likely N-dealkylation sites (tertiary alicyclic amines) is 1. The molecule has 2 aromatic heterocycles. The first-order chi connectivity index (χ1) is 11.2. The smallest absolute Gasteiger partial charge is 0.231 e. The Hall–Kier alpha value is -1.69. The third kappa shape index (κ3) is 2.69. The Balaban J connectivity index is 1.54. The highest BCUT2D eigenvalue weighted by Crippen LogP contribution is 2.53. The molecule has 1 saturated heterocycles. The molecule has 1 unspecified atom stereocenters. The van der Waals surface area contributed by atoms with Gasteiger partial charge in [-0.05, 0) is 32.1 Å². The SMILES string of the molecule is CCn1cc(CN2CC(c3nc(C)no3)C3(CCCC3)C2)cn1. The third-order valence-electron chi connectivity index (χ3n) is 5.58. The van der Waals surface area contributed by atoms with Gasteiger partial charge in [0.2, 0.25) is 5.89 Å². The van der Waals surface area contributed by atoms with Crippen LogP contribution < -0.4 is 0 Å². The maximum Gasteiger partial charge on any atom is 0.231 e. The lowest BCUT2D eigenvalue weighted by atomic mass is 9.76. The minimum Gasteiger partial charge on any atom is -0.339 e. The van der Waals surface area contributed by atoms with Crippen molar-refractivity contribution in [3.63, 3.8) is 0 Å². The molecule has 0 N–H and O–H groups in total. The molecule has 1 atom stereocenters. The summed E-state index contributed by atoms with van der Waals surface area (Å²) in [5.41, 5.74) is 1.63. The first-order valence-corrected chi connectivity index (χ1v) is 8.72. The number of hydrogen-bond donors (Lipinski definition) is 0. The monoisotopic (exact) mass is 315 g/mol. The second kappa shape index (κ2) is 5.74. The summed E-state index contributed by atoms with van der Waals surface area (Å²) in [7, 11) is 0. The molecule has 2 fully saturated rings. The molecule has 1 aliphatic carbocycles. The van der Waals surface area contributed by atoms with Crippen molar-refractivity contribution < 1.29 is 4.52 Å². The van der Waals surface area contributed by atoms with Gasteiger partial charge in [0.15, 0.2) is 5.82 Å². The molecule has 3 heterocycles. The van der Waals surface area contributed by atoms with Crippen LogP contribution in [0.1, 0.15) is 55.8 Å². The molecule has 6 nitrogen and oxygen atoms in total. The fraction of sp³-hybridized carbons (Fsp3) is 0.706. The zero-order chi connectivity index (χ0) is 15.9. The van der Waals surface area contributed by atoms with E-state index in [2.05, 4.69) is 33.3 Å². The molecule has 0 aromatic carbocycles. The summed E-state index contributed by atoms with van der Waals surface area (Å²) in [6, 6.07) is 0. The largest absolute Gasteiger partial charge is 0.339 e. The lowest BCUT2D eigenvalue weighted by molar-refractivity contribution is 0.227. The zero-order valence-corrected chi connectivity index (χ0v) is 14.0. The zero-order valence-electron chi connectivity index (χ0n) is 14.0. The molecule has 6 heteroatoms. The highest BCUT2D eigenvalue weighted by molar-refractivity contribution is 5.13. The molecule has 2 aromatic rings. The van der Waals surface area contributed by atoms with Crippen molar-refractivity contribution in [1.82, 2.24) is 24.8 Å². The van der Waals surface area contributed by atoms with E-state index in [4.69, 9.17) is 4.52 Å². The van der Waals surface area contributed by atoms with E-state index in [-0.39, 0.29) is 0 Å². The average molecular weight is 315 g/mol. The highest BCUT2D eigenvalue weighted by atomic mass is 16.5. The van der Waals surface area contributed by atoms with Crippen molar-refractivity contribution >= 4 is 0 Å². The predicted octanol–water partition coefficient (Wildman–Crippen LogP) is 2.75. The van der Waals surface area contributed by atoms with Crippen molar-refractivity contribution in [2.75, 3.05) is 13.1 Å². The van der Waals surface area contributed by atoms with Crippen LogP contribution in [0, 0.1) is 12.3 Å². The summed E-state index contributed by atoms with van der Waals surface area (Å²) in [5.74, 6) is 1.97. The standard InChI is InChI=1S/C17H25N5O/c1-3-22-10-14(8-18-22)9-21-11-15(16-19-13(2)20-23-16)17(12-21)6-4-5-7-17/h8,10,15H,3-7,9,11-12H2,1-2H3. The van der Waals surface area contributed by atoms with Crippen LogP contribution in [0.15, 0.2) is 16.9 Å². The molecular formula is C17H25N5O. The Kier molecular flexibility index (Phi) is 3.71. The van der Waals surface area contributed by atoms with E-state index < -0.39 is 0 Å². The van der Waals surface area contributed by atoms with Gasteiger partial charge in [-0.3, -0.25) is 9.58 Å². The predicted molar refractivity (Wildman–Crippen MR) is 85.9 cm³/mol. The fourth-order valence-electron chi connectivity index (χ4n) is 4.49. The van der Waals surface area contributed by atoms with Gasteiger partial charge in [0, 0.05) is 37.9 Å². The van der Waals surface area contributed by atoms with Crippen molar-refractivity contribution in [1.29, 1.82) is 0 Å². The van der Waals surface area contributed by atoms with Crippen LogP contribution in [0.25, 0.3) is 0 Å². The third-order valence-corrected chi connectivity index (χ3v) is 5.58. The Morgan fingerprint density at radius 2 is 2.17 bits per heavy atom.